The normalized spacial score (nSPS) is 32.2. The van der Waals surface area contributed by atoms with Crippen LogP contribution in [0.4, 0.5) is 0 Å². The summed E-state index contributed by atoms with van der Waals surface area (Å²) in [5.74, 6) is 0.769. The van der Waals surface area contributed by atoms with E-state index in [1.165, 1.54) is 0 Å². The van der Waals surface area contributed by atoms with Gasteiger partial charge in [0, 0.05) is 6.61 Å². The van der Waals surface area contributed by atoms with Gasteiger partial charge in [-0.25, -0.2) is 0 Å². The second-order valence-electron chi connectivity index (χ2n) is 3.54. The molecule has 0 spiro atoms. The zero-order valence-electron chi connectivity index (χ0n) is 7.00. The number of hydrogen-bond acceptors (Lipinski definition) is 2. The molecule has 2 N–H and O–H groups in total. The minimum Gasteiger partial charge on any atom is -0.396 e. The Hall–Kier alpha value is -0.0800. The summed E-state index contributed by atoms with van der Waals surface area (Å²) in [5, 5.41) is 17.8. The minimum atomic E-state index is -0.0413. The van der Waals surface area contributed by atoms with Gasteiger partial charge < -0.3 is 10.2 Å². The van der Waals surface area contributed by atoms with E-state index in [1.807, 2.05) is 0 Å². The van der Waals surface area contributed by atoms with Crippen molar-refractivity contribution in [2.75, 3.05) is 6.61 Å². The van der Waals surface area contributed by atoms with E-state index in [0.29, 0.717) is 6.61 Å². The molecule has 0 unspecified atom stereocenters. The molecule has 0 aliphatic heterocycles. The number of rotatable bonds is 3. The second-order valence-corrected chi connectivity index (χ2v) is 3.54. The average molecular weight is 158 g/mol. The van der Waals surface area contributed by atoms with E-state index >= 15 is 0 Å². The SMILES string of the molecule is OCCCC1CCC(O)CC1. The molecule has 2 heteroatoms. The molecule has 0 aromatic heterocycles. The molecule has 0 radical (unpaired) electrons. The van der Waals surface area contributed by atoms with Crippen LogP contribution in [0, 0.1) is 5.92 Å². The van der Waals surface area contributed by atoms with Crippen LogP contribution in [0.5, 0.6) is 0 Å². The molecular weight excluding hydrogens is 140 g/mol. The second kappa shape index (κ2) is 4.73. The lowest BCUT2D eigenvalue weighted by molar-refractivity contribution is 0.104. The van der Waals surface area contributed by atoms with Crippen LogP contribution >= 0.6 is 0 Å². The van der Waals surface area contributed by atoms with Crippen molar-refractivity contribution in [1.29, 1.82) is 0 Å². The van der Waals surface area contributed by atoms with Crippen LogP contribution in [0.15, 0.2) is 0 Å². The zero-order chi connectivity index (χ0) is 8.10. The van der Waals surface area contributed by atoms with Gasteiger partial charge in [0.25, 0.3) is 0 Å². The van der Waals surface area contributed by atoms with Gasteiger partial charge in [-0.2, -0.15) is 0 Å². The summed E-state index contributed by atoms with van der Waals surface area (Å²) in [7, 11) is 0. The first-order valence-electron chi connectivity index (χ1n) is 4.62. The lowest BCUT2D eigenvalue weighted by Gasteiger charge is -2.24. The number of aliphatic hydroxyl groups is 2. The number of aliphatic hydroxyl groups excluding tert-OH is 2. The Kier molecular flexibility index (Phi) is 3.87. The largest absolute Gasteiger partial charge is 0.396 e. The van der Waals surface area contributed by atoms with Crippen LogP contribution in [-0.4, -0.2) is 22.9 Å². The highest BCUT2D eigenvalue weighted by molar-refractivity contribution is 4.71. The van der Waals surface area contributed by atoms with Crippen molar-refractivity contribution in [3.63, 3.8) is 0 Å². The summed E-state index contributed by atoms with van der Waals surface area (Å²) in [5.41, 5.74) is 0. The third kappa shape index (κ3) is 3.21. The zero-order valence-corrected chi connectivity index (χ0v) is 7.00. The van der Waals surface area contributed by atoms with Crippen LogP contribution in [0.3, 0.4) is 0 Å². The molecule has 1 aliphatic rings. The highest BCUT2D eigenvalue weighted by Gasteiger charge is 2.18. The highest BCUT2D eigenvalue weighted by atomic mass is 16.3. The van der Waals surface area contributed by atoms with Crippen LogP contribution in [0.25, 0.3) is 0 Å². The fourth-order valence-electron chi connectivity index (χ4n) is 1.81. The lowest BCUT2D eigenvalue weighted by atomic mass is 9.85. The van der Waals surface area contributed by atoms with Gasteiger partial charge in [-0.1, -0.05) is 0 Å². The van der Waals surface area contributed by atoms with Crippen molar-refractivity contribution in [3.8, 4) is 0 Å². The van der Waals surface area contributed by atoms with E-state index in [9.17, 15) is 5.11 Å². The Morgan fingerprint density at radius 2 is 1.73 bits per heavy atom. The first kappa shape index (κ1) is 9.01. The van der Waals surface area contributed by atoms with Gasteiger partial charge in [-0.15, -0.1) is 0 Å². The summed E-state index contributed by atoms with van der Waals surface area (Å²) in [6.45, 7) is 0.319. The molecule has 0 bridgehead atoms. The maximum atomic E-state index is 9.20. The molecule has 1 aliphatic carbocycles. The van der Waals surface area contributed by atoms with Crippen LogP contribution < -0.4 is 0 Å². The molecule has 2 nitrogen and oxygen atoms in total. The summed E-state index contributed by atoms with van der Waals surface area (Å²) < 4.78 is 0. The fourth-order valence-corrected chi connectivity index (χ4v) is 1.81. The van der Waals surface area contributed by atoms with Crippen molar-refractivity contribution in [1.82, 2.24) is 0 Å². The van der Waals surface area contributed by atoms with Crippen molar-refractivity contribution in [2.24, 2.45) is 5.92 Å². The fraction of sp³-hybridized carbons (Fsp3) is 1.00. The van der Waals surface area contributed by atoms with E-state index in [0.717, 1.165) is 44.4 Å². The number of hydrogen-bond donors (Lipinski definition) is 2. The lowest BCUT2D eigenvalue weighted by Crippen LogP contribution is -2.18. The van der Waals surface area contributed by atoms with Gasteiger partial charge in [-0.05, 0) is 44.4 Å². The van der Waals surface area contributed by atoms with Crippen LogP contribution in [-0.2, 0) is 0 Å². The van der Waals surface area contributed by atoms with Crippen LogP contribution in [0.2, 0.25) is 0 Å². The summed E-state index contributed by atoms with van der Waals surface area (Å²) >= 11 is 0. The molecule has 1 saturated carbocycles. The van der Waals surface area contributed by atoms with Crippen molar-refractivity contribution in [3.05, 3.63) is 0 Å². The summed E-state index contributed by atoms with van der Waals surface area (Å²) in [6, 6.07) is 0. The first-order chi connectivity index (χ1) is 5.33. The van der Waals surface area contributed by atoms with Gasteiger partial charge in [0.15, 0.2) is 0 Å². The molecule has 0 atom stereocenters. The maximum Gasteiger partial charge on any atom is 0.0540 e. The van der Waals surface area contributed by atoms with E-state index in [2.05, 4.69) is 0 Å². The van der Waals surface area contributed by atoms with Crippen molar-refractivity contribution >= 4 is 0 Å². The minimum absolute atomic E-state index is 0.0413. The van der Waals surface area contributed by atoms with E-state index in [4.69, 9.17) is 5.11 Å². The van der Waals surface area contributed by atoms with Crippen molar-refractivity contribution in [2.45, 2.75) is 44.6 Å². The molecular formula is C9H18O2. The van der Waals surface area contributed by atoms with E-state index in [1.54, 1.807) is 0 Å². The Morgan fingerprint density at radius 1 is 1.09 bits per heavy atom. The molecule has 1 rings (SSSR count). The van der Waals surface area contributed by atoms with E-state index < -0.39 is 0 Å². The van der Waals surface area contributed by atoms with Crippen molar-refractivity contribution < 1.29 is 10.2 Å². The summed E-state index contributed by atoms with van der Waals surface area (Å²) in [4.78, 5) is 0. The quantitative estimate of drug-likeness (QED) is 0.650. The molecule has 0 aromatic rings. The first-order valence-corrected chi connectivity index (χ1v) is 4.62. The Balaban J connectivity index is 2.07. The Bertz CT molecular complexity index is 93.0. The Morgan fingerprint density at radius 3 is 2.27 bits per heavy atom. The average Bonchev–Trinajstić information content (AvgIpc) is 2.04. The molecule has 1 fully saturated rings. The third-order valence-electron chi connectivity index (χ3n) is 2.59. The Labute approximate surface area is 68.2 Å². The molecule has 0 amide bonds. The maximum absolute atomic E-state index is 9.20. The standard InChI is InChI=1S/C9H18O2/c10-7-1-2-8-3-5-9(11)6-4-8/h8-11H,1-7H2. The third-order valence-corrected chi connectivity index (χ3v) is 2.59. The van der Waals surface area contributed by atoms with Gasteiger partial charge in [-0.3, -0.25) is 0 Å². The van der Waals surface area contributed by atoms with E-state index in [-0.39, 0.29) is 6.10 Å². The van der Waals surface area contributed by atoms with Gasteiger partial charge in [0.1, 0.15) is 0 Å². The molecule has 0 heterocycles. The topological polar surface area (TPSA) is 40.5 Å². The monoisotopic (exact) mass is 158 g/mol. The van der Waals surface area contributed by atoms with Gasteiger partial charge in [0.2, 0.25) is 0 Å². The molecule has 11 heavy (non-hydrogen) atoms. The summed E-state index contributed by atoms with van der Waals surface area (Å²) in [6.07, 6.45) is 6.28. The predicted octanol–water partition coefficient (Wildman–Crippen LogP) is 1.31. The van der Waals surface area contributed by atoms with Gasteiger partial charge >= 0.3 is 0 Å². The predicted molar refractivity (Wildman–Crippen MR) is 44.3 cm³/mol. The van der Waals surface area contributed by atoms with Crippen LogP contribution in [0.1, 0.15) is 38.5 Å². The molecule has 66 valence electrons. The molecule has 0 saturated heterocycles. The highest BCUT2D eigenvalue weighted by Crippen LogP contribution is 2.27. The smallest absolute Gasteiger partial charge is 0.0540 e. The molecule has 0 aromatic carbocycles. The van der Waals surface area contributed by atoms with Gasteiger partial charge in [0.05, 0.1) is 6.10 Å².